The Morgan fingerprint density at radius 1 is 1.18 bits per heavy atom. The van der Waals surface area contributed by atoms with Gasteiger partial charge in [-0.05, 0) is 60.8 Å². The van der Waals surface area contributed by atoms with E-state index in [-0.39, 0.29) is 11.5 Å². The molecule has 2 aromatic rings. The van der Waals surface area contributed by atoms with Crippen LogP contribution in [0.4, 0.5) is 4.79 Å². The Morgan fingerprint density at radius 3 is 2.54 bits per heavy atom. The van der Waals surface area contributed by atoms with E-state index in [0.29, 0.717) is 11.8 Å². The van der Waals surface area contributed by atoms with Crippen molar-refractivity contribution in [1.82, 2.24) is 4.98 Å². The van der Waals surface area contributed by atoms with Crippen LogP contribution in [-0.4, -0.2) is 17.7 Å². The second-order valence-corrected chi connectivity index (χ2v) is 8.12. The lowest BCUT2D eigenvalue weighted by Crippen LogP contribution is -2.30. The molecule has 1 saturated carbocycles. The van der Waals surface area contributed by atoms with Gasteiger partial charge in [0.2, 0.25) is 5.88 Å². The Hall–Kier alpha value is -2.56. The van der Waals surface area contributed by atoms with E-state index in [1.807, 2.05) is 12.3 Å². The van der Waals surface area contributed by atoms with Gasteiger partial charge in [0.15, 0.2) is 0 Å². The molecule has 0 spiro atoms. The smallest absolute Gasteiger partial charge is 0.405 e. The maximum Gasteiger partial charge on any atom is 0.405 e. The van der Waals surface area contributed by atoms with Crippen LogP contribution in [0.25, 0.3) is 11.1 Å². The predicted molar refractivity (Wildman–Crippen MR) is 108 cm³/mol. The fourth-order valence-electron chi connectivity index (χ4n) is 4.30. The van der Waals surface area contributed by atoms with Crippen molar-refractivity contribution in [1.29, 1.82) is 0 Å². The number of rotatable bonds is 7. The first-order valence-corrected chi connectivity index (χ1v) is 10.2. The third-order valence-corrected chi connectivity index (χ3v) is 6.40. The van der Waals surface area contributed by atoms with E-state index >= 15 is 0 Å². The van der Waals surface area contributed by atoms with Crippen molar-refractivity contribution >= 4 is 6.09 Å². The molecule has 0 saturated heterocycles. The summed E-state index contributed by atoms with van der Waals surface area (Å²) in [5.74, 6) is 1.40. The van der Waals surface area contributed by atoms with Gasteiger partial charge in [-0.1, -0.05) is 32.0 Å². The largest absolute Gasteiger partial charge is 0.477 e. The number of hydrogen-bond acceptors (Lipinski definition) is 4. The van der Waals surface area contributed by atoms with Crippen molar-refractivity contribution in [3.63, 3.8) is 0 Å². The monoisotopic (exact) mass is 380 g/mol. The van der Waals surface area contributed by atoms with Crippen molar-refractivity contribution in [2.24, 2.45) is 17.1 Å². The molecule has 0 bridgehead atoms. The zero-order chi connectivity index (χ0) is 19.7. The van der Waals surface area contributed by atoms with Gasteiger partial charge in [-0.3, -0.25) is 0 Å². The zero-order valence-electron chi connectivity index (χ0n) is 16.6. The summed E-state index contributed by atoms with van der Waals surface area (Å²) >= 11 is 0. The Labute approximate surface area is 166 Å². The van der Waals surface area contributed by atoms with Gasteiger partial charge in [0, 0.05) is 23.2 Å². The van der Waals surface area contributed by atoms with Crippen molar-refractivity contribution < 1.29 is 14.3 Å². The quantitative estimate of drug-likeness (QED) is 0.730. The van der Waals surface area contributed by atoms with E-state index in [2.05, 4.69) is 43.1 Å². The molecule has 1 amide bonds. The number of fused-ring (bicyclic) bond motifs is 1. The highest BCUT2D eigenvalue weighted by atomic mass is 16.6. The van der Waals surface area contributed by atoms with Gasteiger partial charge in [0.05, 0.1) is 6.61 Å². The van der Waals surface area contributed by atoms with Crippen LogP contribution in [-0.2, 0) is 11.2 Å². The van der Waals surface area contributed by atoms with Gasteiger partial charge < -0.3 is 15.2 Å². The van der Waals surface area contributed by atoms with Crippen LogP contribution in [0.15, 0.2) is 36.5 Å². The maximum absolute atomic E-state index is 11.5. The number of ether oxygens (including phenoxy) is 2. The third-order valence-electron chi connectivity index (χ3n) is 6.40. The third kappa shape index (κ3) is 3.58. The molecule has 1 fully saturated rings. The van der Waals surface area contributed by atoms with E-state index in [4.69, 9.17) is 15.2 Å². The number of benzene rings is 1. The molecule has 0 aliphatic heterocycles. The molecule has 2 aliphatic rings. The Morgan fingerprint density at radius 2 is 1.93 bits per heavy atom. The topological polar surface area (TPSA) is 74.4 Å². The first-order valence-electron chi connectivity index (χ1n) is 10.2. The summed E-state index contributed by atoms with van der Waals surface area (Å²) in [6.07, 6.45) is 6.16. The molecule has 148 valence electrons. The first-order chi connectivity index (χ1) is 13.5. The number of amides is 1. The number of nitrogens with zero attached hydrogens (tertiary/aromatic N) is 1. The Balaban J connectivity index is 1.58. The highest BCUT2D eigenvalue weighted by Crippen LogP contribution is 2.52. The summed E-state index contributed by atoms with van der Waals surface area (Å²) in [6, 6.07) is 10.3. The summed E-state index contributed by atoms with van der Waals surface area (Å²) < 4.78 is 11.3. The summed E-state index contributed by atoms with van der Waals surface area (Å²) in [5.41, 5.74) is 9.74. The molecule has 1 aromatic heterocycles. The van der Waals surface area contributed by atoms with Crippen LogP contribution in [0, 0.1) is 11.3 Å². The summed E-state index contributed by atoms with van der Waals surface area (Å²) in [4.78, 5) is 15.9. The van der Waals surface area contributed by atoms with E-state index in [0.717, 1.165) is 42.6 Å². The molecule has 1 heterocycles. The molecule has 5 heteroatoms. The van der Waals surface area contributed by atoms with Crippen molar-refractivity contribution in [2.45, 2.75) is 52.1 Å². The fourth-order valence-corrected chi connectivity index (χ4v) is 4.30. The standard InChI is InChI=1S/C23H28N2O3/c1-3-23(4-2)12-18-11-16(7-9-19(18)21(23)28-22(24)26)17-8-10-20(25-13-17)27-14-15-5-6-15/h7-11,13,15,21H,3-6,12,14H2,1-2H3,(H2,24,26). The number of primary amides is 1. The average Bonchev–Trinajstić information content (AvgIpc) is 3.49. The number of pyridine rings is 1. The SMILES string of the molecule is CCC1(CC)Cc2cc(-c3ccc(OCC4CC4)nc3)ccc2C1OC(N)=O. The number of carbonyl (C=O) groups is 1. The lowest BCUT2D eigenvalue weighted by Gasteiger charge is -2.32. The lowest BCUT2D eigenvalue weighted by atomic mass is 9.77. The minimum absolute atomic E-state index is 0.0885. The van der Waals surface area contributed by atoms with Crippen molar-refractivity contribution in [3.8, 4) is 17.0 Å². The number of hydrogen-bond donors (Lipinski definition) is 1. The molecule has 1 atom stereocenters. The van der Waals surface area contributed by atoms with E-state index in [9.17, 15) is 4.79 Å². The highest BCUT2D eigenvalue weighted by molar-refractivity contribution is 5.67. The zero-order valence-corrected chi connectivity index (χ0v) is 16.6. The Bertz CT molecular complexity index is 855. The molecular formula is C23H28N2O3. The molecule has 1 unspecified atom stereocenters. The molecule has 28 heavy (non-hydrogen) atoms. The normalized spacial score (nSPS) is 19.9. The lowest BCUT2D eigenvalue weighted by molar-refractivity contribution is 0.0140. The number of aromatic nitrogens is 1. The van der Waals surface area contributed by atoms with Gasteiger partial charge in [-0.2, -0.15) is 0 Å². The van der Waals surface area contributed by atoms with Crippen LogP contribution in [0.2, 0.25) is 0 Å². The van der Waals surface area contributed by atoms with Crippen LogP contribution < -0.4 is 10.5 Å². The molecular weight excluding hydrogens is 352 g/mol. The van der Waals surface area contributed by atoms with Crippen molar-refractivity contribution in [3.05, 3.63) is 47.7 Å². The molecule has 2 aliphatic carbocycles. The fraction of sp³-hybridized carbons (Fsp3) is 0.478. The van der Waals surface area contributed by atoms with Crippen LogP contribution in [0.1, 0.15) is 56.8 Å². The molecule has 5 nitrogen and oxygen atoms in total. The van der Waals surface area contributed by atoms with Gasteiger partial charge >= 0.3 is 6.09 Å². The van der Waals surface area contributed by atoms with Crippen LogP contribution in [0.3, 0.4) is 0 Å². The Kier molecular flexibility index (Phi) is 5.00. The van der Waals surface area contributed by atoms with Gasteiger partial charge in [-0.15, -0.1) is 0 Å². The minimum Gasteiger partial charge on any atom is -0.477 e. The van der Waals surface area contributed by atoms with Crippen molar-refractivity contribution in [2.75, 3.05) is 6.61 Å². The average molecular weight is 380 g/mol. The van der Waals surface area contributed by atoms with Gasteiger partial charge in [0.25, 0.3) is 0 Å². The second-order valence-electron chi connectivity index (χ2n) is 8.12. The van der Waals surface area contributed by atoms with E-state index in [1.165, 1.54) is 18.4 Å². The van der Waals surface area contributed by atoms with Crippen LogP contribution in [0.5, 0.6) is 5.88 Å². The number of nitrogens with two attached hydrogens (primary N) is 1. The summed E-state index contributed by atoms with van der Waals surface area (Å²) in [6.45, 7) is 5.07. The predicted octanol–water partition coefficient (Wildman–Crippen LogP) is 5.04. The number of carbonyl (C=O) groups excluding carboxylic acids is 1. The maximum atomic E-state index is 11.5. The summed E-state index contributed by atoms with van der Waals surface area (Å²) in [7, 11) is 0. The van der Waals surface area contributed by atoms with Gasteiger partial charge in [0.1, 0.15) is 6.10 Å². The van der Waals surface area contributed by atoms with Crippen LogP contribution >= 0.6 is 0 Å². The molecule has 4 rings (SSSR count). The molecule has 1 aromatic carbocycles. The molecule has 0 radical (unpaired) electrons. The van der Waals surface area contributed by atoms with E-state index in [1.54, 1.807) is 0 Å². The molecule has 2 N–H and O–H groups in total. The highest BCUT2D eigenvalue weighted by Gasteiger charge is 2.46. The second kappa shape index (κ2) is 7.46. The minimum atomic E-state index is -0.709. The summed E-state index contributed by atoms with van der Waals surface area (Å²) in [5, 5.41) is 0. The van der Waals surface area contributed by atoms with Gasteiger partial charge in [-0.25, -0.2) is 9.78 Å². The first kappa shape index (κ1) is 18.8. The van der Waals surface area contributed by atoms with E-state index < -0.39 is 6.09 Å².